The second-order valence-corrected chi connectivity index (χ2v) is 24.8. The van der Waals surface area contributed by atoms with Gasteiger partial charge in [0.25, 0.3) is 5.91 Å². The molecule has 4 N–H and O–H groups in total. The van der Waals surface area contributed by atoms with Crippen molar-refractivity contribution in [1.29, 1.82) is 0 Å². The second kappa shape index (κ2) is 32.6. The molecule has 2 aromatic carbocycles. The summed E-state index contributed by atoms with van der Waals surface area (Å²) >= 11 is 6.06. The number of rotatable bonds is 14. The number of benzene rings is 2. The fraction of sp³-hybridized carbons (Fsp3) is 0.635. The number of fused-ring (bicyclic) bond motifs is 1. The van der Waals surface area contributed by atoms with Gasteiger partial charge >= 0.3 is 11.9 Å². The van der Waals surface area contributed by atoms with Crippen LogP contribution in [0, 0.1) is 29.6 Å². The summed E-state index contributed by atoms with van der Waals surface area (Å²) in [4.78, 5) is 166. The zero-order valence-corrected chi connectivity index (χ0v) is 54.3. The van der Waals surface area contributed by atoms with Crippen LogP contribution in [0.1, 0.15) is 126 Å². The van der Waals surface area contributed by atoms with Crippen molar-refractivity contribution in [1.82, 2.24) is 45.3 Å². The van der Waals surface area contributed by atoms with Crippen LogP contribution in [0.25, 0.3) is 0 Å². The van der Waals surface area contributed by atoms with E-state index in [2.05, 4.69) is 16.0 Å². The van der Waals surface area contributed by atoms with Gasteiger partial charge in [0.2, 0.25) is 47.3 Å². The number of carbonyl (C=O) groups is 11. The molecule has 11 atom stereocenters. The maximum atomic E-state index is 15.0. The second-order valence-electron chi connectivity index (χ2n) is 24.3. The highest BCUT2D eigenvalue weighted by Gasteiger charge is 2.46. The van der Waals surface area contributed by atoms with Crippen molar-refractivity contribution in [2.45, 2.75) is 182 Å². The van der Waals surface area contributed by atoms with Crippen LogP contribution in [0.4, 0.5) is 0 Å². The van der Waals surface area contributed by atoms with Crippen LogP contribution in [0.2, 0.25) is 5.02 Å². The van der Waals surface area contributed by atoms with Crippen molar-refractivity contribution in [3.63, 3.8) is 0 Å². The summed E-state index contributed by atoms with van der Waals surface area (Å²) in [7, 11) is 6.74. The number of aliphatic carboxylic acids is 1. The maximum absolute atomic E-state index is 15.0. The van der Waals surface area contributed by atoms with Crippen molar-refractivity contribution < 1.29 is 67.3 Å². The third kappa shape index (κ3) is 18.6. The highest BCUT2D eigenvalue weighted by Crippen LogP contribution is 2.27. The molecule has 2 heterocycles. The Morgan fingerprint density at radius 3 is 1.70 bits per heavy atom. The minimum absolute atomic E-state index is 0.0932. The molecule has 2 fully saturated rings. The number of hydrogen-bond donors (Lipinski definition) is 4. The molecular formula is C63H94ClN9O14. The number of amides is 9. The molecule has 0 aromatic heterocycles. The van der Waals surface area contributed by atoms with Crippen LogP contribution in [-0.4, -0.2) is 202 Å². The number of cyclic esters (lactones) is 1. The number of piperidine rings is 1. The van der Waals surface area contributed by atoms with Gasteiger partial charge in [-0.05, 0) is 91.2 Å². The first-order chi connectivity index (χ1) is 40.8. The lowest BCUT2D eigenvalue weighted by molar-refractivity contribution is -0.165. The van der Waals surface area contributed by atoms with Crippen LogP contribution in [0.15, 0.2) is 48.5 Å². The van der Waals surface area contributed by atoms with Crippen molar-refractivity contribution in [2.75, 3.05) is 48.3 Å². The molecule has 2 aliphatic heterocycles. The van der Waals surface area contributed by atoms with Crippen LogP contribution in [0.3, 0.4) is 0 Å². The molecule has 0 aliphatic carbocycles. The number of esters is 1. The van der Waals surface area contributed by atoms with Crippen LogP contribution in [0.5, 0.6) is 5.75 Å². The predicted molar refractivity (Wildman–Crippen MR) is 326 cm³/mol. The molecular weight excluding hydrogens is 1140 g/mol. The Bertz CT molecular complexity index is 2760. The Morgan fingerprint density at radius 1 is 0.621 bits per heavy atom. The highest BCUT2D eigenvalue weighted by molar-refractivity contribution is 6.30. The Kier molecular flexibility index (Phi) is 27.1. The first-order valence-electron chi connectivity index (χ1n) is 30.2. The van der Waals surface area contributed by atoms with Crippen LogP contribution < -0.4 is 20.7 Å². The van der Waals surface area contributed by atoms with Crippen LogP contribution in [-0.2, 0) is 70.5 Å². The quantitative estimate of drug-likeness (QED) is 0.189. The molecule has 482 valence electrons. The summed E-state index contributed by atoms with van der Waals surface area (Å²) in [6, 6.07) is 3.33. The Labute approximate surface area is 517 Å². The number of carboxylic acid groups (broad SMARTS) is 1. The lowest BCUT2D eigenvalue weighted by Gasteiger charge is -2.41. The predicted octanol–water partition coefficient (Wildman–Crippen LogP) is 4.54. The molecule has 0 saturated carbocycles. The van der Waals surface area contributed by atoms with Crippen LogP contribution >= 0.6 is 11.6 Å². The summed E-state index contributed by atoms with van der Waals surface area (Å²) in [6.45, 7) is 18.2. The van der Waals surface area contributed by atoms with E-state index in [1.54, 1.807) is 106 Å². The fourth-order valence-corrected chi connectivity index (χ4v) is 11.5. The standard InChI is InChI=1S/C63H94ClN9O14/c1-17-38(9)53-55(77)65-33-48(74)69(13)51(36(5)6)56(78)66-45(31-41-24-28-44(29-25-41)86-34-42-22-26-43(64)27-23-42)63(85)87-40(11)58(80)73-30-20-19-21-46(73)59(81)70(14)52(37(7)8)57(79)67-50(35(3)4)61(83)68(12)47(32-49(75)76)60(82)72(16)54(39(10)18-2)62(84)71(53)15/h22-29,35-40,45-47,50-54H,17-21,30-34H2,1-16H3,(H,65,77)(H,66,78)(H,67,79)(H,75,76)/t38-,39+,40-,45+,46+,47+,50+,51+,52+,53+,54+/m1/s1. The molecule has 4 rings (SSSR count). The molecule has 0 unspecified atom stereocenters. The summed E-state index contributed by atoms with van der Waals surface area (Å²) in [5, 5.41) is 19.0. The van der Waals surface area contributed by atoms with Gasteiger partial charge < -0.3 is 59.9 Å². The number of carboxylic acids is 1. The number of hydrogen-bond acceptors (Lipinski definition) is 13. The summed E-state index contributed by atoms with van der Waals surface area (Å²) in [6.07, 6.45) is -0.603. The van der Waals surface area contributed by atoms with E-state index in [-0.39, 0.29) is 26.0 Å². The van der Waals surface area contributed by atoms with Gasteiger partial charge in [-0.3, -0.25) is 47.9 Å². The largest absolute Gasteiger partial charge is 0.489 e. The van der Waals surface area contributed by atoms with Gasteiger partial charge in [0, 0.05) is 53.2 Å². The summed E-state index contributed by atoms with van der Waals surface area (Å²) in [5.41, 5.74) is 1.43. The van der Waals surface area contributed by atoms with Gasteiger partial charge in [0.15, 0.2) is 6.10 Å². The van der Waals surface area contributed by atoms with Gasteiger partial charge in [-0.15, -0.1) is 0 Å². The maximum Gasteiger partial charge on any atom is 0.329 e. The molecule has 2 saturated heterocycles. The van der Waals surface area contributed by atoms with Crippen molar-refractivity contribution >= 4 is 76.7 Å². The molecule has 0 spiro atoms. The van der Waals surface area contributed by atoms with Gasteiger partial charge in [-0.25, -0.2) is 4.79 Å². The van der Waals surface area contributed by atoms with Crippen molar-refractivity contribution in [2.24, 2.45) is 29.6 Å². The molecule has 2 aliphatic rings. The Hall–Kier alpha value is -7.30. The van der Waals surface area contributed by atoms with E-state index in [0.717, 1.165) is 20.3 Å². The molecule has 0 bridgehead atoms. The Morgan fingerprint density at radius 2 is 1.15 bits per heavy atom. The van der Waals surface area contributed by atoms with E-state index >= 15 is 0 Å². The minimum Gasteiger partial charge on any atom is -0.489 e. The zero-order chi connectivity index (χ0) is 65.5. The van der Waals surface area contributed by atoms with Gasteiger partial charge in [-0.1, -0.05) is 118 Å². The molecule has 2 aromatic rings. The number of likely N-dealkylation sites (N-methyl/N-ethyl adjacent to an activating group) is 5. The van der Waals surface area contributed by atoms with Crippen molar-refractivity contribution in [3.05, 3.63) is 64.7 Å². The Balaban J connectivity index is 1.85. The lowest BCUT2D eigenvalue weighted by Crippen LogP contribution is -2.63. The van der Waals surface area contributed by atoms with Gasteiger partial charge in [0.1, 0.15) is 60.7 Å². The summed E-state index contributed by atoms with van der Waals surface area (Å²) in [5.74, 6) is -11.5. The van der Waals surface area contributed by atoms with Gasteiger partial charge in [0.05, 0.1) is 13.0 Å². The van der Waals surface area contributed by atoms with E-state index < -0.39 is 162 Å². The first-order valence-corrected chi connectivity index (χ1v) is 30.6. The average molecular weight is 1240 g/mol. The number of carbonyl (C=O) groups excluding carboxylic acids is 10. The smallest absolute Gasteiger partial charge is 0.329 e. The number of ether oxygens (including phenoxy) is 2. The lowest BCUT2D eigenvalue weighted by atomic mass is 9.92. The molecule has 24 heteroatoms. The minimum atomic E-state index is -1.70. The summed E-state index contributed by atoms with van der Waals surface area (Å²) < 4.78 is 11.9. The third-order valence-corrected chi connectivity index (χ3v) is 17.2. The monoisotopic (exact) mass is 1240 g/mol. The van der Waals surface area contributed by atoms with E-state index in [9.17, 15) is 57.8 Å². The fourth-order valence-electron chi connectivity index (χ4n) is 11.4. The zero-order valence-electron chi connectivity index (χ0n) is 53.6. The number of halogens is 1. The van der Waals surface area contributed by atoms with E-state index in [1.807, 2.05) is 12.1 Å². The molecule has 9 amide bonds. The SMILES string of the molecule is CC[C@@H](C)[C@H]1C(=O)NCC(=O)N(C)[C@@H](C(C)C)C(=O)N[C@@H](Cc2ccc(OCc3ccc(Cl)cc3)cc2)C(=O)O[C@H](C)C(=O)N2CCCC[C@H]2C(=O)N(C)[C@@H](C(C)C)C(=O)N[C@@H](C(C)C)C(=O)N(C)[C@@H](CC(=O)O)C(=O)N(C)[C@@H]([C@@H](C)CC)C(=O)N1C. The van der Waals surface area contributed by atoms with E-state index in [0.29, 0.717) is 42.0 Å². The highest BCUT2D eigenvalue weighted by atomic mass is 35.5. The number of nitrogens with zero attached hydrogens (tertiary/aromatic N) is 6. The average Bonchev–Trinajstić information content (AvgIpc) is 1.96. The first kappa shape index (κ1) is 72.2. The van der Waals surface area contributed by atoms with Gasteiger partial charge in [-0.2, -0.15) is 0 Å². The third-order valence-electron chi connectivity index (χ3n) is 16.9. The van der Waals surface area contributed by atoms with E-state index in [4.69, 9.17) is 21.1 Å². The normalized spacial score (nSPS) is 25.5. The molecule has 23 nitrogen and oxygen atoms in total. The topological polar surface area (TPSA) is 282 Å². The number of nitrogens with one attached hydrogen (secondary N) is 3. The molecule has 87 heavy (non-hydrogen) atoms. The van der Waals surface area contributed by atoms with E-state index in [1.165, 1.54) is 56.9 Å². The molecule has 0 radical (unpaired) electrons. The van der Waals surface area contributed by atoms with Crippen molar-refractivity contribution in [3.8, 4) is 5.75 Å².